The van der Waals surface area contributed by atoms with E-state index in [1.165, 1.54) is 11.0 Å². The molecule has 3 rings (SSSR count). The standard InChI is InChI=1S/C30H33ClF3N3O4S/c1-21(2)18-35-29(39)27(16-22-9-5-4-6-10-22)36(19-23-11-7-13-25(31)15-23)28(38)20-37(42(3,40)41)26-14-8-12-24(17-26)30(32,33)34/h4-15,17,21,27H,16,18-20H2,1-3H3,(H,35,39). The zero-order valence-corrected chi connectivity index (χ0v) is 25.0. The molecule has 0 saturated carbocycles. The molecule has 12 heteroatoms. The minimum Gasteiger partial charge on any atom is -0.354 e. The maximum atomic E-state index is 14.0. The van der Waals surface area contributed by atoms with Crippen LogP contribution in [-0.4, -0.2) is 50.5 Å². The number of carbonyl (C=O) groups is 2. The highest BCUT2D eigenvalue weighted by atomic mass is 35.5. The van der Waals surface area contributed by atoms with Crippen LogP contribution in [0.1, 0.15) is 30.5 Å². The molecule has 7 nitrogen and oxygen atoms in total. The van der Waals surface area contributed by atoms with Crippen molar-refractivity contribution in [3.05, 3.63) is 101 Å². The third kappa shape index (κ3) is 9.49. The fraction of sp³-hybridized carbons (Fsp3) is 0.333. The van der Waals surface area contributed by atoms with Crippen molar-refractivity contribution in [1.29, 1.82) is 0 Å². The predicted octanol–water partition coefficient (Wildman–Crippen LogP) is 5.54. The molecule has 2 amide bonds. The number of carbonyl (C=O) groups excluding carboxylic acids is 2. The van der Waals surface area contributed by atoms with Crippen LogP contribution in [-0.2, 0) is 38.8 Å². The van der Waals surface area contributed by atoms with Crippen LogP contribution in [0.15, 0.2) is 78.9 Å². The topological polar surface area (TPSA) is 86.8 Å². The third-order valence-corrected chi connectivity index (χ3v) is 7.71. The molecule has 1 atom stereocenters. The largest absolute Gasteiger partial charge is 0.416 e. The smallest absolute Gasteiger partial charge is 0.354 e. The van der Waals surface area contributed by atoms with Crippen molar-refractivity contribution in [3.8, 4) is 0 Å². The van der Waals surface area contributed by atoms with Crippen LogP contribution in [0.4, 0.5) is 18.9 Å². The Labute approximate surface area is 249 Å². The molecule has 0 aromatic heterocycles. The highest BCUT2D eigenvalue weighted by Crippen LogP contribution is 2.32. The Morgan fingerprint density at radius 3 is 2.17 bits per heavy atom. The Hall–Kier alpha value is -3.57. The second kappa shape index (κ2) is 14.1. The Morgan fingerprint density at radius 2 is 1.57 bits per heavy atom. The molecule has 0 fully saturated rings. The number of hydrogen-bond acceptors (Lipinski definition) is 4. The number of anilines is 1. The van der Waals surface area contributed by atoms with E-state index in [1.807, 2.05) is 19.9 Å². The van der Waals surface area contributed by atoms with Crippen LogP contribution in [0.2, 0.25) is 5.02 Å². The second-order valence-electron chi connectivity index (χ2n) is 10.3. The Kier molecular flexibility index (Phi) is 11.0. The lowest BCUT2D eigenvalue weighted by Crippen LogP contribution is -2.53. The van der Waals surface area contributed by atoms with Crippen molar-refractivity contribution in [2.75, 3.05) is 23.7 Å². The van der Waals surface area contributed by atoms with Gasteiger partial charge in [0.05, 0.1) is 17.5 Å². The molecular weight excluding hydrogens is 591 g/mol. The summed E-state index contributed by atoms with van der Waals surface area (Å²) in [7, 11) is -4.22. The molecule has 0 aliphatic rings. The number of benzene rings is 3. The lowest BCUT2D eigenvalue weighted by molar-refractivity contribution is -0.140. The number of nitrogens with one attached hydrogen (secondary N) is 1. The van der Waals surface area contributed by atoms with Gasteiger partial charge >= 0.3 is 6.18 Å². The molecule has 0 aliphatic carbocycles. The molecule has 0 heterocycles. The van der Waals surface area contributed by atoms with Gasteiger partial charge in [0.15, 0.2) is 0 Å². The maximum Gasteiger partial charge on any atom is 0.416 e. The maximum absolute atomic E-state index is 14.0. The lowest BCUT2D eigenvalue weighted by atomic mass is 10.0. The van der Waals surface area contributed by atoms with Gasteiger partial charge in [-0.2, -0.15) is 13.2 Å². The molecule has 226 valence electrons. The van der Waals surface area contributed by atoms with Gasteiger partial charge in [-0.25, -0.2) is 8.42 Å². The van der Waals surface area contributed by atoms with E-state index >= 15 is 0 Å². The van der Waals surface area contributed by atoms with Crippen LogP contribution < -0.4 is 9.62 Å². The van der Waals surface area contributed by atoms with Gasteiger partial charge in [-0.15, -0.1) is 0 Å². The summed E-state index contributed by atoms with van der Waals surface area (Å²) in [4.78, 5) is 28.8. The van der Waals surface area contributed by atoms with Crippen LogP contribution in [0.3, 0.4) is 0 Å². The van der Waals surface area contributed by atoms with Crippen molar-refractivity contribution < 1.29 is 31.2 Å². The number of halogens is 4. The minimum absolute atomic E-state index is 0.105. The molecule has 3 aromatic carbocycles. The Morgan fingerprint density at radius 1 is 0.929 bits per heavy atom. The molecular formula is C30H33ClF3N3O4S. The summed E-state index contributed by atoms with van der Waals surface area (Å²) in [5, 5.41) is 3.25. The van der Waals surface area contributed by atoms with E-state index in [0.29, 0.717) is 27.5 Å². The third-order valence-electron chi connectivity index (χ3n) is 6.34. The molecule has 0 aliphatic heterocycles. The number of rotatable bonds is 12. The first-order chi connectivity index (χ1) is 19.6. The molecule has 0 radical (unpaired) electrons. The Bertz CT molecular complexity index is 1480. The molecule has 0 bridgehead atoms. The zero-order chi connectivity index (χ0) is 31.1. The molecule has 0 saturated heterocycles. The minimum atomic E-state index is -4.73. The number of amides is 2. The lowest BCUT2D eigenvalue weighted by Gasteiger charge is -2.33. The molecule has 1 unspecified atom stereocenters. The van der Waals surface area contributed by atoms with E-state index in [9.17, 15) is 31.2 Å². The van der Waals surface area contributed by atoms with E-state index < -0.39 is 46.2 Å². The van der Waals surface area contributed by atoms with Crippen molar-refractivity contribution in [3.63, 3.8) is 0 Å². The van der Waals surface area contributed by atoms with Crippen molar-refractivity contribution in [2.45, 2.75) is 39.0 Å². The molecule has 0 spiro atoms. The van der Waals surface area contributed by atoms with Gasteiger partial charge in [0.25, 0.3) is 0 Å². The zero-order valence-electron chi connectivity index (χ0n) is 23.4. The van der Waals surface area contributed by atoms with Crippen LogP contribution in [0, 0.1) is 5.92 Å². The van der Waals surface area contributed by atoms with Gasteiger partial charge in [0.1, 0.15) is 12.6 Å². The number of nitrogens with zero attached hydrogens (tertiary/aromatic N) is 2. The van der Waals surface area contributed by atoms with E-state index in [4.69, 9.17) is 11.6 Å². The fourth-order valence-corrected chi connectivity index (χ4v) is 5.31. The first kappa shape index (κ1) is 32.9. The van der Waals surface area contributed by atoms with Crippen molar-refractivity contribution >= 4 is 39.1 Å². The summed E-state index contributed by atoms with van der Waals surface area (Å²) < 4.78 is 66.5. The van der Waals surface area contributed by atoms with Crippen LogP contribution >= 0.6 is 11.6 Å². The van der Waals surface area contributed by atoms with E-state index in [2.05, 4.69) is 5.32 Å². The van der Waals surface area contributed by atoms with Gasteiger partial charge in [0, 0.05) is 24.5 Å². The fourth-order valence-electron chi connectivity index (χ4n) is 4.26. The summed E-state index contributed by atoms with van der Waals surface area (Å²) in [6.45, 7) is 3.24. The second-order valence-corrected chi connectivity index (χ2v) is 12.7. The summed E-state index contributed by atoms with van der Waals surface area (Å²) >= 11 is 6.18. The van der Waals surface area contributed by atoms with Gasteiger partial charge in [-0.3, -0.25) is 13.9 Å². The summed E-state index contributed by atoms with van der Waals surface area (Å²) in [5.74, 6) is -1.11. The van der Waals surface area contributed by atoms with Crippen molar-refractivity contribution in [2.24, 2.45) is 5.92 Å². The van der Waals surface area contributed by atoms with Gasteiger partial charge in [-0.1, -0.05) is 74.0 Å². The summed E-state index contributed by atoms with van der Waals surface area (Å²) in [5.41, 5.74) is -0.0568. The van der Waals surface area contributed by atoms with E-state index in [-0.39, 0.29) is 24.6 Å². The van der Waals surface area contributed by atoms with Gasteiger partial charge in [0.2, 0.25) is 21.8 Å². The average molecular weight is 624 g/mol. The van der Waals surface area contributed by atoms with E-state index in [0.717, 1.165) is 24.0 Å². The predicted molar refractivity (Wildman–Crippen MR) is 157 cm³/mol. The van der Waals surface area contributed by atoms with Crippen molar-refractivity contribution in [1.82, 2.24) is 10.2 Å². The molecule has 42 heavy (non-hydrogen) atoms. The molecule has 3 aromatic rings. The molecule has 1 N–H and O–H groups in total. The number of sulfonamides is 1. The normalized spacial score (nSPS) is 12.6. The first-order valence-electron chi connectivity index (χ1n) is 13.2. The number of alkyl halides is 3. The average Bonchev–Trinajstić information content (AvgIpc) is 2.91. The van der Waals surface area contributed by atoms with E-state index in [1.54, 1.807) is 48.5 Å². The Balaban J connectivity index is 2.07. The van der Waals surface area contributed by atoms with Crippen LogP contribution in [0.5, 0.6) is 0 Å². The SMILES string of the molecule is CC(C)CNC(=O)C(Cc1ccccc1)N(Cc1cccc(Cl)c1)C(=O)CN(c1cccc(C(F)(F)F)c1)S(C)(=O)=O. The van der Waals surface area contributed by atoms with Gasteiger partial charge < -0.3 is 10.2 Å². The highest BCUT2D eigenvalue weighted by Gasteiger charge is 2.35. The quantitative estimate of drug-likeness (QED) is 0.287. The number of hydrogen-bond donors (Lipinski definition) is 1. The highest BCUT2D eigenvalue weighted by molar-refractivity contribution is 7.92. The monoisotopic (exact) mass is 623 g/mol. The summed E-state index contributed by atoms with van der Waals surface area (Å²) in [6.07, 6.45) is -3.81. The first-order valence-corrected chi connectivity index (χ1v) is 15.4. The summed E-state index contributed by atoms with van der Waals surface area (Å²) in [6, 6.07) is 18.3. The van der Waals surface area contributed by atoms with Crippen LogP contribution in [0.25, 0.3) is 0 Å². The van der Waals surface area contributed by atoms with Gasteiger partial charge in [-0.05, 0) is 47.4 Å².